The van der Waals surface area contributed by atoms with E-state index in [0.717, 1.165) is 11.8 Å². The molecule has 0 aliphatic heterocycles. The molecule has 0 atom stereocenters. The summed E-state index contributed by atoms with van der Waals surface area (Å²) in [7, 11) is 0. The summed E-state index contributed by atoms with van der Waals surface area (Å²) in [5.74, 6) is -1.01. The number of anilines is 1. The molecule has 0 aliphatic carbocycles. The van der Waals surface area contributed by atoms with E-state index >= 15 is 0 Å². The lowest BCUT2D eigenvalue weighted by Crippen LogP contribution is -2.09. The van der Waals surface area contributed by atoms with Crippen molar-refractivity contribution in [2.24, 2.45) is 0 Å². The Labute approximate surface area is 105 Å². The molecule has 18 heavy (non-hydrogen) atoms. The first-order valence-electron chi connectivity index (χ1n) is 4.78. The number of aromatic nitrogens is 3. The third-order valence-electron chi connectivity index (χ3n) is 1.90. The van der Waals surface area contributed by atoms with Crippen molar-refractivity contribution in [3.63, 3.8) is 0 Å². The summed E-state index contributed by atoms with van der Waals surface area (Å²) < 4.78 is 0. The summed E-state index contributed by atoms with van der Waals surface area (Å²) in [5.41, 5.74) is 5.00. The van der Waals surface area contributed by atoms with Gasteiger partial charge in [-0.2, -0.15) is 0 Å². The fourth-order valence-corrected chi connectivity index (χ4v) is 2.03. The topological polar surface area (TPSA) is 122 Å². The summed E-state index contributed by atoms with van der Waals surface area (Å²) in [6.45, 7) is 0. The Kier molecular flexibility index (Phi) is 3.28. The number of aromatic carboxylic acids is 1. The van der Waals surface area contributed by atoms with Crippen LogP contribution in [-0.2, 0) is 0 Å². The number of nitrogens with zero attached hydrogens (tertiary/aromatic N) is 2. The third-order valence-corrected chi connectivity index (χ3v) is 2.78. The van der Waals surface area contributed by atoms with E-state index in [9.17, 15) is 9.59 Å². The molecule has 4 N–H and O–H groups in total. The Balaban J connectivity index is 2.31. The monoisotopic (exact) mass is 264 g/mol. The van der Waals surface area contributed by atoms with Crippen LogP contribution in [0.4, 0.5) is 5.82 Å². The number of hydrogen-bond donors (Lipinski definition) is 3. The maximum Gasteiger partial charge on any atom is 0.354 e. The van der Waals surface area contributed by atoms with Crippen molar-refractivity contribution in [3.05, 3.63) is 40.4 Å². The number of hydrogen-bond acceptors (Lipinski definition) is 6. The second kappa shape index (κ2) is 4.88. The normalized spacial score (nSPS) is 10.2. The molecule has 0 bridgehead atoms. The molecule has 92 valence electrons. The molecule has 2 heterocycles. The van der Waals surface area contributed by atoms with Crippen molar-refractivity contribution < 1.29 is 9.90 Å². The van der Waals surface area contributed by atoms with E-state index in [2.05, 4.69) is 15.0 Å². The van der Waals surface area contributed by atoms with Crippen molar-refractivity contribution in [1.29, 1.82) is 0 Å². The molecule has 0 unspecified atom stereocenters. The first-order chi connectivity index (χ1) is 8.54. The number of aromatic amines is 1. The predicted molar refractivity (Wildman–Crippen MR) is 64.6 cm³/mol. The van der Waals surface area contributed by atoms with Gasteiger partial charge in [0.05, 0.1) is 0 Å². The van der Waals surface area contributed by atoms with Crippen molar-refractivity contribution in [3.8, 4) is 0 Å². The van der Waals surface area contributed by atoms with Crippen LogP contribution in [0.1, 0.15) is 10.5 Å². The van der Waals surface area contributed by atoms with Crippen molar-refractivity contribution in [2.75, 3.05) is 5.73 Å². The Bertz CT molecular complexity index is 656. The summed E-state index contributed by atoms with van der Waals surface area (Å²) in [6, 6.07) is 4.16. The number of nitrogens with one attached hydrogen (secondary N) is 1. The van der Waals surface area contributed by atoms with Crippen LogP contribution in [0.2, 0.25) is 0 Å². The van der Waals surface area contributed by atoms with Crippen molar-refractivity contribution >= 4 is 23.5 Å². The lowest BCUT2D eigenvalue weighted by Gasteiger charge is -2.02. The highest BCUT2D eigenvalue weighted by molar-refractivity contribution is 7.99. The van der Waals surface area contributed by atoms with Crippen LogP contribution in [0, 0.1) is 0 Å². The van der Waals surface area contributed by atoms with Gasteiger partial charge in [0.2, 0.25) is 0 Å². The Morgan fingerprint density at radius 3 is 2.89 bits per heavy atom. The van der Waals surface area contributed by atoms with Gasteiger partial charge in [-0.1, -0.05) is 11.8 Å². The number of nitrogens with two attached hydrogens (primary N) is 1. The zero-order valence-corrected chi connectivity index (χ0v) is 9.77. The Morgan fingerprint density at radius 1 is 1.44 bits per heavy atom. The average molecular weight is 264 g/mol. The third kappa shape index (κ3) is 2.86. The van der Waals surface area contributed by atoms with Crippen molar-refractivity contribution in [2.45, 2.75) is 10.1 Å². The average Bonchev–Trinajstić information content (AvgIpc) is 2.27. The minimum Gasteiger partial charge on any atom is -0.477 e. The molecular formula is C10H8N4O3S. The van der Waals surface area contributed by atoms with E-state index in [1.165, 1.54) is 18.3 Å². The molecule has 0 fully saturated rings. The SMILES string of the molecule is Nc1cc(=O)[nH]c(Sc2ccnc(C(=O)O)c2)n1. The number of carbonyl (C=O) groups is 1. The molecule has 0 spiro atoms. The number of nitrogen functional groups attached to an aromatic ring is 1. The molecule has 2 rings (SSSR count). The molecule has 0 saturated heterocycles. The smallest absolute Gasteiger partial charge is 0.354 e. The van der Waals surface area contributed by atoms with Gasteiger partial charge >= 0.3 is 5.97 Å². The highest BCUT2D eigenvalue weighted by Gasteiger charge is 2.07. The molecule has 0 amide bonds. The van der Waals surface area contributed by atoms with E-state index in [1.807, 2.05) is 0 Å². The van der Waals surface area contributed by atoms with Gasteiger partial charge in [0.15, 0.2) is 5.16 Å². The molecule has 0 radical (unpaired) electrons. The van der Waals surface area contributed by atoms with E-state index < -0.39 is 5.97 Å². The zero-order valence-electron chi connectivity index (χ0n) is 8.95. The number of H-pyrrole nitrogens is 1. The maximum absolute atomic E-state index is 11.2. The highest BCUT2D eigenvalue weighted by Crippen LogP contribution is 2.24. The molecule has 0 aliphatic rings. The van der Waals surface area contributed by atoms with Crippen LogP contribution < -0.4 is 11.3 Å². The van der Waals surface area contributed by atoms with Gasteiger partial charge < -0.3 is 15.8 Å². The fourth-order valence-electron chi connectivity index (χ4n) is 1.20. The molecule has 0 saturated carbocycles. The number of carboxylic acids is 1. The van der Waals surface area contributed by atoms with E-state index in [1.54, 1.807) is 6.07 Å². The second-order valence-corrected chi connectivity index (χ2v) is 4.32. The molecule has 2 aromatic heterocycles. The molecule has 0 aromatic carbocycles. The minimum absolute atomic E-state index is 0.0775. The highest BCUT2D eigenvalue weighted by atomic mass is 32.2. The zero-order chi connectivity index (χ0) is 13.1. The number of rotatable bonds is 3. The fraction of sp³-hybridized carbons (Fsp3) is 0. The van der Waals surface area contributed by atoms with Gasteiger partial charge in [-0.25, -0.2) is 14.8 Å². The standard InChI is InChI=1S/C10H8N4O3S/c11-7-4-8(15)14-10(13-7)18-5-1-2-12-6(3-5)9(16)17/h1-4H,(H,16,17)(H3,11,13,14,15). The molecule has 2 aromatic rings. The van der Waals surface area contributed by atoms with Crippen LogP contribution in [0.25, 0.3) is 0 Å². The van der Waals surface area contributed by atoms with Gasteiger partial charge in [-0.3, -0.25) is 4.79 Å². The first-order valence-corrected chi connectivity index (χ1v) is 5.60. The van der Waals surface area contributed by atoms with Gasteiger partial charge in [-0.15, -0.1) is 0 Å². The van der Waals surface area contributed by atoms with Gasteiger partial charge in [0.25, 0.3) is 5.56 Å². The lowest BCUT2D eigenvalue weighted by molar-refractivity contribution is 0.0690. The van der Waals surface area contributed by atoms with Crippen LogP contribution in [0.5, 0.6) is 0 Å². The van der Waals surface area contributed by atoms with E-state index in [4.69, 9.17) is 10.8 Å². The van der Waals surface area contributed by atoms with Crippen LogP contribution in [0.15, 0.2) is 39.2 Å². The van der Waals surface area contributed by atoms with E-state index in [0.29, 0.717) is 10.1 Å². The molecular weight excluding hydrogens is 256 g/mol. The summed E-state index contributed by atoms with van der Waals surface area (Å²) in [4.78, 5) is 32.6. The van der Waals surface area contributed by atoms with Crippen molar-refractivity contribution in [1.82, 2.24) is 15.0 Å². The Hall–Kier alpha value is -2.35. The largest absolute Gasteiger partial charge is 0.477 e. The quantitative estimate of drug-likeness (QED) is 0.693. The maximum atomic E-state index is 11.2. The van der Waals surface area contributed by atoms with Crippen LogP contribution >= 0.6 is 11.8 Å². The molecule has 8 heteroatoms. The summed E-state index contributed by atoms with van der Waals surface area (Å²) in [6.07, 6.45) is 1.37. The summed E-state index contributed by atoms with van der Waals surface area (Å²) in [5, 5.41) is 9.09. The summed E-state index contributed by atoms with van der Waals surface area (Å²) >= 11 is 1.10. The predicted octanol–water partition coefficient (Wildman–Crippen LogP) is 0.596. The first kappa shape index (κ1) is 12.1. The minimum atomic E-state index is -1.12. The van der Waals surface area contributed by atoms with E-state index in [-0.39, 0.29) is 17.1 Å². The number of pyridine rings is 1. The molecule has 7 nitrogen and oxygen atoms in total. The van der Waals surface area contributed by atoms with Crippen LogP contribution in [0.3, 0.4) is 0 Å². The Morgan fingerprint density at radius 2 is 2.22 bits per heavy atom. The van der Waals surface area contributed by atoms with Gasteiger partial charge in [0.1, 0.15) is 11.5 Å². The number of carboxylic acid groups (broad SMARTS) is 1. The van der Waals surface area contributed by atoms with Gasteiger partial charge in [0, 0.05) is 17.2 Å². The lowest BCUT2D eigenvalue weighted by atomic mass is 10.4. The second-order valence-electron chi connectivity index (χ2n) is 3.26. The van der Waals surface area contributed by atoms with Crippen LogP contribution in [-0.4, -0.2) is 26.0 Å². The van der Waals surface area contributed by atoms with Gasteiger partial charge in [-0.05, 0) is 12.1 Å².